The predicted molar refractivity (Wildman–Crippen MR) is 48.9 cm³/mol. The number of sulfonamides is 1. The Morgan fingerprint density at radius 1 is 1.31 bits per heavy atom. The van der Waals surface area contributed by atoms with Crippen LogP contribution in [0, 0.1) is 0 Å². The summed E-state index contributed by atoms with van der Waals surface area (Å²) >= 11 is 0. The van der Waals surface area contributed by atoms with E-state index in [9.17, 15) is 8.42 Å². The second kappa shape index (κ2) is 3.22. The van der Waals surface area contributed by atoms with E-state index in [4.69, 9.17) is 4.74 Å². The molecule has 4 nitrogen and oxygen atoms in total. The average Bonchev–Trinajstić information content (AvgIpc) is 2.82. The molecule has 0 amide bonds. The van der Waals surface area contributed by atoms with Gasteiger partial charge in [-0.3, -0.25) is 0 Å². The molecule has 0 bridgehead atoms. The Morgan fingerprint density at radius 2 is 2.00 bits per heavy atom. The molecule has 0 N–H and O–H groups in total. The minimum absolute atomic E-state index is 0.0746. The lowest BCUT2D eigenvalue weighted by Crippen LogP contribution is -2.39. The van der Waals surface area contributed by atoms with Gasteiger partial charge in [0.25, 0.3) is 0 Å². The van der Waals surface area contributed by atoms with E-state index in [1.54, 1.807) is 7.05 Å². The normalized spacial score (nSPS) is 29.8. The van der Waals surface area contributed by atoms with Crippen LogP contribution < -0.4 is 0 Å². The van der Waals surface area contributed by atoms with Gasteiger partial charge in [-0.2, -0.15) is 4.31 Å². The van der Waals surface area contributed by atoms with E-state index in [1.165, 1.54) is 4.31 Å². The maximum absolute atomic E-state index is 11.8. The second-order valence-corrected chi connectivity index (χ2v) is 6.05. The highest BCUT2D eigenvalue weighted by Crippen LogP contribution is 2.32. The summed E-state index contributed by atoms with van der Waals surface area (Å²) < 4.78 is 30.2. The maximum atomic E-state index is 11.8. The van der Waals surface area contributed by atoms with Crippen LogP contribution in [-0.4, -0.2) is 44.3 Å². The van der Waals surface area contributed by atoms with Crippen molar-refractivity contribution in [2.45, 2.75) is 30.6 Å². The third-order valence-corrected chi connectivity index (χ3v) is 5.18. The van der Waals surface area contributed by atoms with Crippen molar-refractivity contribution < 1.29 is 13.2 Å². The molecule has 0 spiro atoms. The number of nitrogens with zero attached hydrogens (tertiary/aromatic N) is 1. The van der Waals surface area contributed by atoms with Crippen LogP contribution in [0.25, 0.3) is 0 Å². The highest BCUT2D eigenvalue weighted by molar-refractivity contribution is 7.90. The van der Waals surface area contributed by atoms with E-state index >= 15 is 0 Å². The first-order chi connectivity index (χ1) is 6.12. The van der Waals surface area contributed by atoms with Gasteiger partial charge in [0, 0.05) is 13.7 Å². The monoisotopic (exact) mass is 205 g/mol. The molecule has 0 radical (unpaired) electrons. The Hall–Kier alpha value is -0.130. The van der Waals surface area contributed by atoms with Crippen LogP contribution in [0.15, 0.2) is 0 Å². The van der Waals surface area contributed by atoms with Crippen LogP contribution in [0.5, 0.6) is 0 Å². The number of hydrogen-bond donors (Lipinski definition) is 0. The van der Waals surface area contributed by atoms with E-state index in [1.807, 2.05) is 0 Å². The first-order valence-electron chi connectivity index (χ1n) is 4.67. The van der Waals surface area contributed by atoms with Crippen LogP contribution >= 0.6 is 0 Å². The van der Waals surface area contributed by atoms with E-state index in [-0.39, 0.29) is 11.3 Å². The van der Waals surface area contributed by atoms with Crippen LogP contribution in [0.4, 0.5) is 0 Å². The van der Waals surface area contributed by atoms with Crippen LogP contribution in [0.1, 0.15) is 19.3 Å². The van der Waals surface area contributed by atoms with Crippen molar-refractivity contribution in [1.82, 2.24) is 4.31 Å². The molecule has 0 aromatic rings. The summed E-state index contributed by atoms with van der Waals surface area (Å²) in [6.07, 6.45) is 2.50. The van der Waals surface area contributed by atoms with Gasteiger partial charge in [-0.1, -0.05) is 0 Å². The van der Waals surface area contributed by atoms with Gasteiger partial charge in [0.15, 0.2) is 0 Å². The molecular weight excluding hydrogens is 190 g/mol. The van der Waals surface area contributed by atoms with E-state index in [0.29, 0.717) is 13.2 Å². The molecule has 1 unspecified atom stereocenters. The molecule has 1 saturated carbocycles. The molecule has 2 aliphatic rings. The quantitative estimate of drug-likeness (QED) is 0.661. The van der Waals surface area contributed by atoms with Crippen molar-refractivity contribution in [1.29, 1.82) is 0 Å². The molecular formula is C8H15NO3S. The summed E-state index contributed by atoms with van der Waals surface area (Å²) in [5.74, 6) is 0. The Kier molecular flexibility index (Phi) is 2.33. The first kappa shape index (κ1) is 9.43. The van der Waals surface area contributed by atoms with Crippen LogP contribution in [0.3, 0.4) is 0 Å². The summed E-state index contributed by atoms with van der Waals surface area (Å²) in [6, 6.07) is 0.0746. The summed E-state index contributed by atoms with van der Waals surface area (Å²) in [5.41, 5.74) is 0. The van der Waals surface area contributed by atoms with Gasteiger partial charge >= 0.3 is 0 Å². The third-order valence-electron chi connectivity index (χ3n) is 2.77. The van der Waals surface area contributed by atoms with Crippen molar-refractivity contribution in [3.8, 4) is 0 Å². The Labute approximate surface area is 78.9 Å². The van der Waals surface area contributed by atoms with Crippen molar-refractivity contribution in [3.63, 3.8) is 0 Å². The molecule has 0 aromatic heterocycles. The minimum atomic E-state index is -3.00. The van der Waals surface area contributed by atoms with Gasteiger partial charge in [0.1, 0.15) is 0 Å². The number of ether oxygens (including phenoxy) is 1. The molecule has 1 atom stereocenters. The highest BCUT2D eigenvalue weighted by Gasteiger charge is 2.41. The Balaban J connectivity index is 2.06. The first-order valence-corrected chi connectivity index (χ1v) is 6.17. The largest absolute Gasteiger partial charge is 0.380 e. The van der Waals surface area contributed by atoms with Gasteiger partial charge in [0.2, 0.25) is 10.0 Å². The topological polar surface area (TPSA) is 46.6 Å². The van der Waals surface area contributed by atoms with E-state index in [0.717, 1.165) is 19.3 Å². The van der Waals surface area contributed by atoms with Crippen molar-refractivity contribution in [3.05, 3.63) is 0 Å². The zero-order valence-corrected chi connectivity index (χ0v) is 8.59. The number of rotatable bonds is 3. The average molecular weight is 205 g/mol. The number of hydrogen-bond acceptors (Lipinski definition) is 3. The van der Waals surface area contributed by atoms with Crippen LogP contribution in [-0.2, 0) is 14.8 Å². The van der Waals surface area contributed by atoms with Crippen molar-refractivity contribution in [2.24, 2.45) is 0 Å². The fourth-order valence-corrected chi connectivity index (χ4v) is 3.40. The van der Waals surface area contributed by atoms with Gasteiger partial charge in [0.05, 0.1) is 17.9 Å². The molecule has 1 saturated heterocycles. The maximum Gasteiger partial charge on any atom is 0.217 e. The van der Waals surface area contributed by atoms with E-state index < -0.39 is 10.0 Å². The number of likely N-dealkylation sites (N-methyl/N-ethyl adjacent to an activating group) is 1. The van der Waals surface area contributed by atoms with Crippen LogP contribution in [0.2, 0.25) is 0 Å². The second-order valence-electron chi connectivity index (χ2n) is 3.78. The van der Waals surface area contributed by atoms with Gasteiger partial charge in [-0.05, 0) is 19.3 Å². The Bertz CT molecular complexity index is 278. The zero-order chi connectivity index (χ0) is 9.47. The minimum Gasteiger partial charge on any atom is -0.380 e. The predicted octanol–water partition coefficient (Wildman–Crippen LogP) is 0.199. The molecule has 1 heterocycles. The molecule has 13 heavy (non-hydrogen) atoms. The molecule has 2 fully saturated rings. The molecule has 1 aliphatic carbocycles. The Morgan fingerprint density at radius 3 is 2.46 bits per heavy atom. The molecule has 5 heteroatoms. The summed E-state index contributed by atoms with van der Waals surface area (Å²) in [6.45, 7) is 1.25. The SMILES string of the molecule is CN(C1CCOC1)S(=O)(=O)C1CC1. The van der Waals surface area contributed by atoms with Crippen molar-refractivity contribution >= 4 is 10.0 Å². The summed E-state index contributed by atoms with van der Waals surface area (Å²) in [7, 11) is -1.32. The smallest absolute Gasteiger partial charge is 0.217 e. The fourth-order valence-electron chi connectivity index (χ4n) is 1.62. The van der Waals surface area contributed by atoms with Gasteiger partial charge < -0.3 is 4.74 Å². The summed E-state index contributed by atoms with van der Waals surface area (Å²) in [4.78, 5) is 0. The van der Waals surface area contributed by atoms with Crippen molar-refractivity contribution in [2.75, 3.05) is 20.3 Å². The lowest BCUT2D eigenvalue weighted by atomic mass is 10.3. The summed E-state index contributed by atoms with van der Waals surface area (Å²) in [5, 5.41) is -0.0990. The zero-order valence-electron chi connectivity index (χ0n) is 7.77. The molecule has 1 aliphatic heterocycles. The molecule has 2 rings (SSSR count). The molecule has 76 valence electrons. The standard InChI is InChI=1S/C8H15NO3S/c1-9(7-4-5-12-6-7)13(10,11)8-2-3-8/h7-8H,2-6H2,1H3. The van der Waals surface area contributed by atoms with Gasteiger partial charge in [-0.25, -0.2) is 8.42 Å². The molecule has 0 aromatic carbocycles. The fraction of sp³-hybridized carbons (Fsp3) is 1.00. The van der Waals surface area contributed by atoms with E-state index in [2.05, 4.69) is 0 Å². The third kappa shape index (κ3) is 1.73. The lowest BCUT2D eigenvalue weighted by molar-refractivity contribution is 0.181. The van der Waals surface area contributed by atoms with Gasteiger partial charge in [-0.15, -0.1) is 0 Å². The lowest BCUT2D eigenvalue weighted by Gasteiger charge is -2.22. The highest BCUT2D eigenvalue weighted by atomic mass is 32.2.